The van der Waals surface area contributed by atoms with Gasteiger partial charge in [0.15, 0.2) is 5.69 Å². The Hall–Kier alpha value is -2.38. The van der Waals surface area contributed by atoms with Crippen LogP contribution in [-0.4, -0.2) is 34.0 Å². The lowest BCUT2D eigenvalue weighted by Crippen LogP contribution is -2.52. The normalized spacial score (nSPS) is 18.8. The minimum atomic E-state index is -0.731. The number of imide groups is 1. The molecule has 1 aromatic rings. The summed E-state index contributed by atoms with van der Waals surface area (Å²) in [5.74, 6) is -1.35. The molecule has 8 heteroatoms. The Morgan fingerprint density at radius 1 is 1.50 bits per heavy atom. The number of aryl methyl sites for hydroxylation is 1. The van der Waals surface area contributed by atoms with Gasteiger partial charge in [0.1, 0.15) is 6.04 Å². The largest absolute Gasteiger partial charge is 0.395 e. The van der Waals surface area contributed by atoms with Gasteiger partial charge in [-0.1, -0.05) is 13.3 Å². The van der Waals surface area contributed by atoms with E-state index in [4.69, 9.17) is 5.73 Å². The maximum atomic E-state index is 12.0. The third kappa shape index (κ3) is 2.79. The molecule has 5 N–H and O–H groups in total. The van der Waals surface area contributed by atoms with Gasteiger partial charge < -0.3 is 11.1 Å². The maximum absolute atomic E-state index is 12.0. The number of nitrogens with two attached hydrogens (primary N) is 1. The molecule has 0 spiro atoms. The molecular weight excluding hydrogens is 262 g/mol. The minimum absolute atomic E-state index is 0.0816. The van der Waals surface area contributed by atoms with E-state index in [1.807, 2.05) is 6.92 Å². The molecule has 0 aliphatic carbocycles. The molecule has 8 nitrogen and oxygen atoms in total. The third-order valence-corrected chi connectivity index (χ3v) is 3.14. The number of aromatic nitrogens is 2. The Kier molecular flexibility index (Phi) is 4.02. The second-order valence-corrected chi connectivity index (χ2v) is 4.69. The SMILES string of the molecule is CCCc1[nH]nc(C(=O)NC2CCC(=O)NC2=O)c1N. The molecule has 1 aromatic heterocycles. The van der Waals surface area contributed by atoms with Gasteiger partial charge in [-0.25, -0.2) is 0 Å². The summed E-state index contributed by atoms with van der Waals surface area (Å²) in [6.07, 6.45) is 2.06. The molecule has 108 valence electrons. The predicted molar refractivity (Wildman–Crippen MR) is 70.6 cm³/mol. The van der Waals surface area contributed by atoms with Crippen molar-refractivity contribution in [2.45, 2.75) is 38.6 Å². The second kappa shape index (κ2) is 5.72. The number of amides is 3. The van der Waals surface area contributed by atoms with E-state index in [1.165, 1.54) is 0 Å². The lowest BCUT2D eigenvalue weighted by molar-refractivity contribution is -0.134. The predicted octanol–water partition coefficient (Wildman–Crippen LogP) is -0.521. The van der Waals surface area contributed by atoms with Crippen LogP contribution in [0.15, 0.2) is 0 Å². The van der Waals surface area contributed by atoms with Gasteiger partial charge in [0.05, 0.1) is 11.4 Å². The molecule has 20 heavy (non-hydrogen) atoms. The highest BCUT2D eigenvalue weighted by Gasteiger charge is 2.29. The summed E-state index contributed by atoms with van der Waals surface area (Å²) < 4.78 is 0. The van der Waals surface area contributed by atoms with E-state index in [0.29, 0.717) is 17.8 Å². The van der Waals surface area contributed by atoms with Crippen LogP contribution >= 0.6 is 0 Å². The van der Waals surface area contributed by atoms with Gasteiger partial charge in [0.2, 0.25) is 11.8 Å². The second-order valence-electron chi connectivity index (χ2n) is 4.69. The Morgan fingerprint density at radius 2 is 2.25 bits per heavy atom. The van der Waals surface area contributed by atoms with Crippen LogP contribution in [0.1, 0.15) is 42.4 Å². The Labute approximate surface area is 115 Å². The highest BCUT2D eigenvalue weighted by molar-refractivity contribution is 6.04. The number of carbonyl (C=O) groups is 3. The molecule has 1 aliphatic heterocycles. The molecule has 2 heterocycles. The van der Waals surface area contributed by atoms with Gasteiger partial charge in [-0.2, -0.15) is 5.10 Å². The monoisotopic (exact) mass is 279 g/mol. The van der Waals surface area contributed by atoms with Crippen molar-refractivity contribution in [1.29, 1.82) is 0 Å². The Morgan fingerprint density at radius 3 is 2.90 bits per heavy atom. The summed E-state index contributed by atoms with van der Waals surface area (Å²) in [6.45, 7) is 1.99. The van der Waals surface area contributed by atoms with Crippen LogP contribution in [0.25, 0.3) is 0 Å². The van der Waals surface area contributed by atoms with Crippen molar-refractivity contribution in [2.75, 3.05) is 5.73 Å². The summed E-state index contributed by atoms with van der Waals surface area (Å²) in [4.78, 5) is 34.6. The van der Waals surface area contributed by atoms with E-state index in [0.717, 1.165) is 6.42 Å². The number of nitrogen functional groups attached to an aromatic ring is 1. The standard InChI is InChI=1S/C12H17N5O3/c1-2-3-6-9(13)10(17-16-6)12(20)14-7-4-5-8(18)15-11(7)19/h7H,2-5,13H2,1H3,(H,14,20)(H,16,17)(H,15,18,19). The highest BCUT2D eigenvalue weighted by Crippen LogP contribution is 2.16. The van der Waals surface area contributed by atoms with Crippen LogP contribution in [-0.2, 0) is 16.0 Å². The average Bonchev–Trinajstić information content (AvgIpc) is 2.75. The number of hydrogen-bond donors (Lipinski definition) is 4. The van der Waals surface area contributed by atoms with Crippen LogP contribution in [0.2, 0.25) is 0 Å². The zero-order valence-corrected chi connectivity index (χ0v) is 11.2. The van der Waals surface area contributed by atoms with Gasteiger partial charge in [-0.05, 0) is 12.8 Å². The van der Waals surface area contributed by atoms with Crippen molar-refractivity contribution in [3.63, 3.8) is 0 Å². The summed E-state index contributed by atoms with van der Waals surface area (Å²) >= 11 is 0. The summed E-state index contributed by atoms with van der Waals surface area (Å²) in [7, 11) is 0. The Bertz CT molecular complexity index is 551. The molecule has 0 aromatic carbocycles. The first-order valence-electron chi connectivity index (χ1n) is 6.50. The fraction of sp³-hybridized carbons (Fsp3) is 0.500. The first-order valence-corrected chi connectivity index (χ1v) is 6.50. The van der Waals surface area contributed by atoms with E-state index in [9.17, 15) is 14.4 Å². The maximum Gasteiger partial charge on any atom is 0.274 e. The van der Waals surface area contributed by atoms with Gasteiger partial charge in [-0.3, -0.25) is 24.8 Å². The molecule has 1 aliphatic rings. The van der Waals surface area contributed by atoms with E-state index in [1.54, 1.807) is 0 Å². The number of nitrogens with zero attached hydrogens (tertiary/aromatic N) is 1. The number of H-pyrrole nitrogens is 1. The van der Waals surface area contributed by atoms with Crippen LogP contribution in [0, 0.1) is 0 Å². The fourth-order valence-electron chi connectivity index (χ4n) is 2.06. The first kappa shape index (κ1) is 14.0. The van der Waals surface area contributed by atoms with Crippen molar-refractivity contribution in [1.82, 2.24) is 20.8 Å². The zero-order chi connectivity index (χ0) is 14.7. The molecule has 0 saturated carbocycles. The van der Waals surface area contributed by atoms with Crippen molar-refractivity contribution < 1.29 is 14.4 Å². The fourth-order valence-corrected chi connectivity index (χ4v) is 2.06. The quantitative estimate of drug-likeness (QED) is 0.551. The van der Waals surface area contributed by atoms with Crippen molar-refractivity contribution in [2.24, 2.45) is 0 Å². The molecule has 2 rings (SSSR count). The lowest BCUT2D eigenvalue weighted by Gasteiger charge is -2.21. The molecular formula is C12H17N5O3. The first-order chi connectivity index (χ1) is 9.52. The molecule has 1 fully saturated rings. The van der Waals surface area contributed by atoms with Gasteiger partial charge in [0.25, 0.3) is 5.91 Å². The van der Waals surface area contributed by atoms with E-state index < -0.39 is 17.9 Å². The molecule has 0 radical (unpaired) electrons. The number of piperidine rings is 1. The molecule has 1 unspecified atom stereocenters. The van der Waals surface area contributed by atoms with Crippen LogP contribution < -0.4 is 16.4 Å². The molecule has 3 amide bonds. The van der Waals surface area contributed by atoms with E-state index in [-0.39, 0.29) is 24.4 Å². The summed E-state index contributed by atoms with van der Waals surface area (Å²) in [6, 6.07) is -0.731. The van der Waals surface area contributed by atoms with Crippen LogP contribution in [0.3, 0.4) is 0 Å². The van der Waals surface area contributed by atoms with Crippen molar-refractivity contribution >= 4 is 23.4 Å². The summed E-state index contributed by atoms with van der Waals surface area (Å²) in [5, 5.41) is 11.3. The number of anilines is 1. The lowest BCUT2D eigenvalue weighted by atomic mass is 10.1. The van der Waals surface area contributed by atoms with Gasteiger partial charge in [0, 0.05) is 6.42 Å². The Balaban J connectivity index is 2.05. The smallest absolute Gasteiger partial charge is 0.274 e. The molecule has 0 bridgehead atoms. The molecule has 1 atom stereocenters. The number of aromatic amines is 1. The minimum Gasteiger partial charge on any atom is -0.395 e. The molecule has 1 saturated heterocycles. The highest BCUT2D eigenvalue weighted by atomic mass is 16.2. The number of carbonyl (C=O) groups excluding carboxylic acids is 3. The van der Waals surface area contributed by atoms with E-state index in [2.05, 4.69) is 20.8 Å². The number of hydrogen-bond acceptors (Lipinski definition) is 5. The van der Waals surface area contributed by atoms with Gasteiger partial charge >= 0.3 is 0 Å². The van der Waals surface area contributed by atoms with Crippen molar-refractivity contribution in [3.05, 3.63) is 11.4 Å². The van der Waals surface area contributed by atoms with Crippen LogP contribution in [0.5, 0.6) is 0 Å². The average molecular weight is 279 g/mol. The zero-order valence-electron chi connectivity index (χ0n) is 11.2. The number of rotatable bonds is 4. The van der Waals surface area contributed by atoms with Crippen molar-refractivity contribution in [3.8, 4) is 0 Å². The number of nitrogens with one attached hydrogen (secondary N) is 3. The third-order valence-electron chi connectivity index (χ3n) is 3.14. The van der Waals surface area contributed by atoms with Crippen LogP contribution in [0.4, 0.5) is 5.69 Å². The summed E-state index contributed by atoms with van der Waals surface area (Å²) in [5.41, 5.74) is 6.94. The van der Waals surface area contributed by atoms with E-state index >= 15 is 0 Å². The van der Waals surface area contributed by atoms with Gasteiger partial charge in [-0.15, -0.1) is 0 Å². The topological polar surface area (TPSA) is 130 Å².